The lowest BCUT2D eigenvalue weighted by molar-refractivity contribution is -0.117. The van der Waals surface area contributed by atoms with Gasteiger partial charge in [0.25, 0.3) is 0 Å². The van der Waals surface area contributed by atoms with Gasteiger partial charge in [0, 0.05) is 17.8 Å². The molecule has 2 amide bonds. The molecule has 1 aliphatic heterocycles. The van der Waals surface area contributed by atoms with E-state index in [9.17, 15) is 9.59 Å². The summed E-state index contributed by atoms with van der Waals surface area (Å²) in [5, 5.41) is 5.79. The van der Waals surface area contributed by atoms with Crippen molar-refractivity contribution < 1.29 is 9.59 Å². The molecule has 6 nitrogen and oxygen atoms in total. The Morgan fingerprint density at radius 1 is 1.23 bits per heavy atom. The molecule has 0 bridgehead atoms. The zero-order valence-corrected chi connectivity index (χ0v) is 14.4. The zero-order valence-electron chi connectivity index (χ0n) is 14.4. The number of nitrogens with zero attached hydrogens (tertiary/aromatic N) is 2. The number of pyridine rings is 1. The third-order valence-electron chi connectivity index (χ3n) is 5.07. The Bertz CT molecular complexity index is 1080. The number of hydrogen-bond acceptors (Lipinski definition) is 3. The van der Waals surface area contributed by atoms with Crippen molar-refractivity contribution >= 4 is 29.0 Å². The van der Waals surface area contributed by atoms with E-state index in [1.165, 1.54) is 0 Å². The van der Waals surface area contributed by atoms with Gasteiger partial charge < -0.3 is 15.0 Å². The van der Waals surface area contributed by atoms with Gasteiger partial charge in [-0.25, -0.2) is 4.98 Å². The van der Waals surface area contributed by atoms with Gasteiger partial charge in [-0.1, -0.05) is 6.07 Å². The molecule has 3 aromatic rings. The van der Waals surface area contributed by atoms with Gasteiger partial charge in [-0.2, -0.15) is 0 Å². The second-order valence-corrected chi connectivity index (χ2v) is 7.08. The van der Waals surface area contributed by atoms with Gasteiger partial charge in [-0.15, -0.1) is 0 Å². The molecule has 0 atom stereocenters. The highest BCUT2D eigenvalue weighted by molar-refractivity contribution is 6.02. The smallest absolute Gasteiger partial charge is 0.228 e. The fourth-order valence-corrected chi connectivity index (χ4v) is 3.60. The minimum Gasteiger partial charge on any atom is -0.326 e. The van der Waals surface area contributed by atoms with Crippen LogP contribution in [0.2, 0.25) is 0 Å². The summed E-state index contributed by atoms with van der Waals surface area (Å²) < 4.78 is 1.92. The van der Waals surface area contributed by atoms with Crippen LogP contribution in [0, 0.1) is 12.8 Å². The van der Waals surface area contributed by atoms with Crippen molar-refractivity contribution in [3.05, 3.63) is 47.8 Å². The summed E-state index contributed by atoms with van der Waals surface area (Å²) >= 11 is 0. The Morgan fingerprint density at radius 3 is 2.88 bits per heavy atom. The Balaban J connectivity index is 1.55. The van der Waals surface area contributed by atoms with Gasteiger partial charge in [-0.05, 0) is 60.2 Å². The summed E-state index contributed by atoms with van der Waals surface area (Å²) in [6, 6.07) is 7.94. The largest absolute Gasteiger partial charge is 0.326 e. The van der Waals surface area contributed by atoms with E-state index in [4.69, 9.17) is 0 Å². The summed E-state index contributed by atoms with van der Waals surface area (Å²) in [6.07, 6.45) is 6.17. The van der Waals surface area contributed by atoms with E-state index in [0.717, 1.165) is 46.4 Å². The number of imidazole rings is 1. The van der Waals surface area contributed by atoms with Crippen molar-refractivity contribution in [2.75, 3.05) is 10.6 Å². The maximum atomic E-state index is 11.9. The molecule has 0 unspecified atom stereocenters. The maximum Gasteiger partial charge on any atom is 0.228 e. The third kappa shape index (κ3) is 2.45. The first-order valence-electron chi connectivity index (χ1n) is 8.81. The van der Waals surface area contributed by atoms with E-state index in [1.807, 2.05) is 41.1 Å². The van der Waals surface area contributed by atoms with E-state index >= 15 is 0 Å². The van der Waals surface area contributed by atoms with Crippen LogP contribution in [0.5, 0.6) is 0 Å². The fraction of sp³-hybridized carbons (Fsp3) is 0.250. The summed E-state index contributed by atoms with van der Waals surface area (Å²) in [6.45, 7) is 2.05. The number of aromatic nitrogens is 2. The van der Waals surface area contributed by atoms with Crippen molar-refractivity contribution in [3.8, 4) is 11.1 Å². The first kappa shape index (κ1) is 15.1. The fourth-order valence-electron chi connectivity index (χ4n) is 3.60. The van der Waals surface area contributed by atoms with E-state index < -0.39 is 0 Å². The SMILES string of the molecule is Cc1ccc2c(c1-c1ccc3nc(NC(=O)C4CC4)cn3c1)CC(=O)N2. The molecule has 0 saturated heterocycles. The Hall–Kier alpha value is -3.15. The average Bonchev–Trinajstić information content (AvgIpc) is 3.28. The zero-order chi connectivity index (χ0) is 17.8. The van der Waals surface area contributed by atoms with Crippen molar-refractivity contribution in [3.63, 3.8) is 0 Å². The van der Waals surface area contributed by atoms with Crippen LogP contribution in [0.25, 0.3) is 16.8 Å². The van der Waals surface area contributed by atoms with E-state index in [0.29, 0.717) is 12.2 Å². The Labute approximate surface area is 150 Å². The predicted molar refractivity (Wildman–Crippen MR) is 99.1 cm³/mol. The van der Waals surface area contributed by atoms with Crippen LogP contribution >= 0.6 is 0 Å². The van der Waals surface area contributed by atoms with E-state index in [-0.39, 0.29) is 17.7 Å². The molecule has 5 rings (SSSR count). The molecule has 1 fully saturated rings. The van der Waals surface area contributed by atoms with E-state index in [1.54, 1.807) is 0 Å². The molecule has 1 saturated carbocycles. The summed E-state index contributed by atoms with van der Waals surface area (Å²) in [7, 11) is 0. The van der Waals surface area contributed by atoms with E-state index in [2.05, 4.69) is 22.5 Å². The lowest BCUT2D eigenvalue weighted by Crippen LogP contribution is -2.13. The Morgan fingerprint density at radius 2 is 2.08 bits per heavy atom. The van der Waals surface area contributed by atoms with Gasteiger partial charge in [0.1, 0.15) is 5.65 Å². The third-order valence-corrected chi connectivity index (χ3v) is 5.07. The van der Waals surface area contributed by atoms with Gasteiger partial charge in [0.05, 0.1) is 12.6 Å². The lowest BCUT2D eigenvalue weighted by Gasteiger charge is -2.11. The number of benzene rings is 1. The number of amides is 2. The van der Waals surface area contributed by atoms with Crippen LogP contribution in [-0.2, 0) is 16.0 Å². The molecular formula is C20H18N4O2. The topological polar surface area (TPSA) is 75.5 Å². The molecular weight excluding hydrogens is 328 g/mol. The molecule has 6 heteroatoms. The highest BCUT2D eigenvalue weighted by atomic mass is 16.2. The number of carbonyl (C=O) groups excluding carboxylic acids is 2. The molecule has 0 spiro atoms. The van der Waals surface area contributed by atoms with Crippen LogP contribution in [0.1, 0.15) is 24.0 Å². The highest BCUT2D eigenvalue weighted by Crippen LogP contribution is 2.36. The molecule has 2 aromatic heterocycles. The van der Waals surface area contributed by atoms with Crippen molar-refractivity contribution in [2.24, 2.45) is 5.92 Å². The number of anilines is 2. The number of nitrogens with one attached hydrogen (secondary N) is 2. The molecule has 1 aliphatic carbocycles. The minimum atomic E-state index is 0.0284. The molecule has 2 aliphatic rings. The second kappa shape index (κ2) is 5.42. The van der Waals surface area contributed by atoms with Gasteiger partial charge in [-0.3, -0.25) is 9.59 Å². The van der Waals surface area contributed by atoms with Crippen LogP contribution < -0.4 is 10.6 Å². The van der Waals surface area contributed by atoms with Crippen LogP contribution in [0.4, 0.5) is 11.5 Å². The monoisotopic (exact) mass is 346 g/mol. The maximum absolute atomic E-state index is 11.9. The quantitative estimate of drug-likeness (QED) is 0.765. The van der Waals surface area contributed by atoms with Gasteiger partial charge in [0.15, 0.2) is 5.82 Å². The minimum absolute atomic E-state index is 0.0284. The highest BCUT2D eigenvalue weighted by Gasteiger charge is 2.30. The molecule has 2 N–H and O–H groups in total. The summed E-state index contributed by atoms with van der Waals surface area (Å²) in [4.78, 5) is 28.2. The molecule has 0 radical (unpaired) electrons. The molecule has 130 valence electrons. The lowest BCUT2D eigenvalue weighted by atomic mass is 9.94. The first-order chi connectivity index (χ1) is 12.6. The summed E-state index contributed by atoms with van der Waals surface area (Å²) in [5.41, 5.74) is 5.94. The number of hydrogen-bond donors (Lipinski definition) is 2. The standard InChI is InChI=1S/C20H18N4O2/c1-11-2-6-15-14(8-18(25)21-15)19(11)13-5-7-17-22-16(10-24(17)9-13)23-20(26)12-3-4-12/h2,5-7,9-10,12H,3-4,8H2,1H3,(H,21,25)(H,23,26). The molecule has 1 aromatic carbocycles. The number of fused-ring (bicyclic) bond motifs is 2. The second-order valence-electron chi connectivity index (χ2n) is 7.08. The molecule has 26 heavy (non-hydrogen) atoms. The molecule has 3 heterocycles. The van der Waals surface area contributed by atoms with Crippen molar-refractivity contribution in [1.82, 2.24) is 9.38 Å². The van der Waals surface area contributed by atoms with Crippen molar-refractivity contribution in [1.29, 1.82) is 0 Å². The number of rotatable bonds is 3. The van der Waals surface area contributed by atoms with Crippen LogP contribution in [-0.4, -0.2) is 21.2 Å². The number of aryl methyl sites for hydroxylation is 1. The first-order valence-corrected chi connectivity index (χ1v) is 8.81. The predicted octanol–water partition coefficient (Wildman–Crippen LogP) is 3.15. The normalized spacial score (nSPS) is 15.8. The van der Waals surface area contributed by atoms with Crippen LogP contribution in [0.15, 0.2) is 36.7 Å². The number of carbonyl (C=O) groups is 2. The van der Waals surface area contributed by atoms with Gasteiger partial charge in [0.2, 0.25) is 11.8 Å². The summed E-state index contributed by atoms with van der Waals surface area (Å²) in [5.74, 6) is 0.802. The van der Waals surface area contributed by atoms with Crippen molar-refractivity contribution in [2.45, 2.75) is 26.2 Å². The van der Waals surface area contributed by atoms with Gasteiger partial charge >= 0.3 is 0 Å². The average molecular weight is 346 g/mol. The Kier molecular flexibility index (Phi) is 3.16. The van der Waals surface area contributed by atoms with Crippen LogP contribution in [0.3, 0.4) is 0 Å².